The van der Waals surface area contributed by atoms with Crippen molar-refractivity contribution in [3.05, 3.63) is 69.6 Å². The van der Waals surface area contributed by atoms with Gasteiger partial charge in [0.05, 0.1) is 16.7 Å². The standard InChI is InChI=1S/C22H22F2N4O/c1-2-15-6-18-19(26-21(15)29)5-14(8-25-18)9-27-10-22(11-27)12-28(13-22)20-4-3-16(23)7-17(20)24/h3-8H,2,9-13H2,1H3,(H,26,29). The summed E-state index contributed by atoms with van der Waals surface area (Å²) >= 11 is 0. The predicted molar refractivity (Wildman–Crippen MR) is 108 cm³/mol. The van der Waals surface area contributed by atoms with E-state index < -0.39 is 11.6 Å². The molecule has 0 saturated carbocycles. The first-order valence-corrected chi connectivity index (χ1v) is 9.88. The van der Waals surface area contributed by atoms with Gasteiger partial charge in [-0.2, -0.15) is 0 Å². The second kappa shape index (κ2) is 6.62. The molecule has 2 aromatic heterocycles. The van der Waals surface area contributed by atoms with Crippen LogP contribution in [0.15, 0.2) is 41.3 Å². The Kier molecular flexibility index (Phi) is 4.17. The fourth-order valence-electron chi connectivity index (χ4n) is 4.66. The van der Waals surface area contributed by atoms with Crippen LogP contribution >= 0.6 is 0 Å². The van der Waals surface area contributed by atoms with Crippen molar-refractivity contribution in [2.45, 2.75) is 19.9 Å². The molecular weight excluding hydrogens is 374 g/mol. The third-order valence-corrected chi connectivity index (χ3v) is 6.03. The van der Waals surface area contributed by atoms with E-state index in [1.54, 1.807) is 0 Å². The molecule has 29 heavy (non-hydrogen) atoms. The van der Waals surface area contributed by atoms with E-state index in [9.17, 15) is 13.6 Å². The largest absolute Gasteiger partial charge is 0.368 e. The maximum absolute atomic E-state index is 13.9. The summed E-state index contributed by atoms with van der Waals surface area (Å²) in [4.78, 5) is 23.8. The molecule has 2 fully saturated rings. The number of aromatic amines is 1. The van der Waals surface area contributed by atoms with Crippen LogP contribution in [0.2, 0.25) is 0 Å². The summed E-state index contributed by atoms with van der Waals surface area (Å²) in [5, 5.41) is 0. The molecule has 5 rings (SSSR count). The highest BCUT2D eigenvalue weighted by Crippen LogP contribution is 2.43. The minimum absolute atomic E-state index is 0.0514. The van der Waals surface area contributed by atoms with Gasteiger partial charge in [0.2, 0.25) is 0 Å². The maximum atomic E-state index is 13.9. The molecule has 0 amide bonds. The zero-order valence-corrected chi connectivity index (χ0v) is 16.2. The molecule has 0 aliphatic carbocycles. The van der Waals surface area contributed by atoms with Gasteiger partial charge >= 0.3 is 0 Å². The molecule has 4 heterocycles. The average molecular weight is 396 g/mol. The lowest BCUT2D eigenvalue weighted by Gasteiger charge is -2.61. The second-order valence-corrected chi connectivity index (χ2v) is 8.35. The molecule has 0 atom stereocenters. The molecule has 1 N–H and O–H groups in total. The molecule has 0 unspecified atom stereocenters. The number of aromatic nitrogens is 2. The van der Waals surface area contributed by atoms with Gasteiger partial charge in [-0.3, -0.25) is 14.7 Å². The number of fused-ring (bicyclic) bond motifs is 1. The van der Waals surface area contributed by atoms with Gasteiger partial charge in [-0.25, -0.2) is 8.78 Å². The maximum Gasteiger partial charge on any atom is 0.251 e. The van der Waals surface area contributed by atoms with Crippen molar-refractivity contribution in [1.82, 2.24) is 14.9 Å². The first-order valence-electron chi connectivity index (χ1n) is 9.88. The molecule has 1 spiro atoms. The molecule has 0 bridgehead atoms. The molecule has 2 aliphatic rings. The van der Waals surface area contributed by atoms with E-state index in [0.29, 0.717) is 12.1 Å². The zero-order chi connectivity index (χ0) is 20.2. The SMILES string of the molecule is CCc1cc2ncc(CN3CC4(C3)CN(c3ccc(F)cc3F)C4)cc2[nH]c1=O. The highest BCUT2D eigenvalue weighted by atomic mass is 19.1. The first kappa shape index (κ1) is 18.2. The summed E-state index contributed by atoms with van der Waals surface area (Å²) < 4.78 is 27.0. The third kappa shape index (κ3) is 3.19. The molecule has 5 nitrogen and oxygen atoms in total. The van der Waals surface area contributed by atoms with Crippen LogP contribution in [0, 0.1) is 17.0 Å². The Bertz CT molecular complexity index is 1150. The molecule has 7 heteroatoms. The lowest BCUT2D eigenvalue weighted by atomic mass is 9.72. The van der Waals surface area contributed by atoms with E-state index in [0.717, 1.165) is 61.0 Å². The number of rotatable bonds is 4. The number of nitrogens with one attached hydrogen (secondary N) is 1. The Morgan fingerprint density at radius 2 is 1.93 bits per heavy atom. The number of hydrogen-bond donors (Lipinski definition) is 1. The summed E-state index contributed by atoms with van der Waals surface area (Å²) in [5.74, 6) is -1.05. The highest BCUT2D eigenvalue weighted by Gasteiger charge is 2.51. The van der Waals surface area contributed by atoms with Gasteiger partial charge in [0.25, 0.3) is 5.56 Å². The predicted octanol–water partition coefficient (Wildman–Crippen LogP) is 3.09. The third-order valence-electron chi connectivity index (χ3n) is 6.03. The number of benzene rings is 1. The average Bonchev–Trinajstić information content (AvgIpc) is 2.62. The van der Waals surface area contributed by atoms with Crippen molar-refractivity contribution in [3.63, 3.8) is 0 Å². The van der Waals surface area contributed by atoms with Crippen LogP contribution in [0.3, 0.4) is 0 Å². The van der Waals surface area contributed by atoms with E-state index in [4.69, 9.17) is 0 Å². The van der Waals surface area contributed by atoms with E-state index in [1.807, 2.05) is 30.2 Å². The fraction of sp³-hybridized carbons (Fsp3) is 0.364. The van der Waals surface area contributed by atoms with Crippen molar-refractivity contribution in [3.8, 4) is 0 Å². The van der Waals surface area contributed by atoms with Crippen LogP contribution in [-0.4, -0.2) is 41.0 Å². The van der Waals surface area contributed by atoms with Crippen molar-refractivity contribution < 1.29 is 8.78 Å². The van der Waals surface area contributed by atoms with Gasteiger partial charge in [0.15, 0.2) is 0 Å². The molecule has 150 valence electrons. The Balaban J connectivity index is 1.22. The number of H-pyrrole nitrogens is 1. The quantitative estimate of drug-likeness (QED) is 0.737. The number of likely N-dealkylation sites (tertiary alicyclic amines) is 1. The normalized spacial score (nSPS) is 18.1. The van der Waals surface area contributed by atoms with Crippen molar-refractivity contribution in [1.29, 1.82) is 0 Å². The van der Waals surface area contributed by atoms with E-state index in [2.05, 4.69) is 14.9 Å². The Hall–Kier alpha value is -2.80. The summed E-state index contributed by atoms with van der Waals surface area (Å²) in [6.07, 6.45) is 2.55. The first-order chi connectivity index (χ1) is 13.9. The number of hydrogen-bond acceptors (Lipinski definition) is 4. The summed E-state index contributed by atoms with van der Waals surface area (Å²) in [6.45, 7) is 6.18. The molecule has 1 aromatic carbocycles. The number of halogens is 2. The molecule has 0 radical (unpaired) electrons. The number of aryl methyl sites for hydroxylation is 1. The second-order valence-electron chi connectivity index (χ2n) is 8.35. The number of nitrogens with zero attached hydrogens (tertiary/aromatic N) is 3. The summed E-state index contributed by atoms with van der Waals surface area (Å²) in [6, 6.07) is 7.60. The van der Waals surface area contributed by atoms with Crippen LogP contribution in [-0.2, 0) is 13.0 Å². The van der Waals surface area contributed by atoms with Crippen molar-refractivity contribution >= 4 is 16.7 Å². The van der Waals surface area contributed by atoms with Gasteiger partial charge < -0.3 is 9.88 Å². The van der Waals surface area contributed by atoms with Gasteiger partial charge in [0.1, 0.15) is 11.6 Å². The van der Waals surface area contributed by atoms with Crippen LogP contribution < -0.4 is 10.5 Å². The van der Waals surface area contributed by atoms with Gasteiger partial charge in [0, 0.05) is 56.0 Å². The summed E-state index contributed by atoms with van der Waals surface area (Å²) in [5.41, 5.74) is 3.99. The topological polar surface area (TPSA) is 52.2 Å². The fourth-order valence-corrected chi connectivity index (χ4v) is 4.66. The molecule has 2 aliphatic heterocycles. The molecule has 2 saturated heterocycles. The van der Waals surface area contributed by atoms with Crippen molar-refractivity contribution in [2.75, 3.05) is 31.1 Å². The zero-order valence-electron chi connectivity index (χ0n) is 16.2. The van der Waals surface area contributed by atoms with E-state index in [1.165, 1.54) is 12.1 Å². The van der Waals surface area contributed by atoms with E-state index in [-0.39, 0.29) is 11.0 Å². The van der Waals surface area contributed by atoms with Gasteiger partial charge in [-0.15, -0.1) is 0 Å². The number of pyridine rings is 2. The van der Waals surface area contributed by atoms with Gasteiger partial charge in [-0.1, -0.05) is 6.92 Å². The van der Waals surface area contributed by atoms with Crippen LogP contribution in [0.1, 0.15) is 18.1 Å². The monoisotopic (exact) mass is 396 g/mol. The lowest BCUT2D eigenvalue weighted by molar-refractivity contribution is -0.0276. The minimum Gasteiger partial charge on any atom is -0.368 e. The summed E-state index contributed by atoms with van der Waals surface area (Å²) in [7, 11) is 0. The molecule has 3 aromatic rings. The number of anilines is 1. The Morgan fingerprint density at radius 3 is 2.66 bits per heavy atom. The highest BCUT2D eigenvalue weighted by molar-refractivity contribution is 5.74. The van der Waals surface area contributed by atoms with Crippen LogP contribution in [0.4, 0.5) is 14.5 Å². The van der Waals surface area contributed by atoms with Crippen LogP contribution in [0.25, 0.3) is 11.0 Å². The minimum atomic E-state index is -0.549. The van der Waals surface area contributed by atoms with Gasteiger partial charge in [-0.05, 0) is 36.2 Å². The Morgan fingerprint density at radius 1 is 1.14 bits per heavy atom. The smallest absolute Gasteiger partial charge is 0.251 e. The van der Waals surface area contributed by atoms with E-state index >= 15 is 0 Å². The van der Waals surface area contributed by atoms with Crippen LogP contribution in [0.5, 0.6) is 0 Å². The van der Waals surface area contributed by atoms with Crippen molar-refractivity contribution in [2.24, 2.45) is 5.41 Å². The molecular formula is C22H22F2N4O. The lowest BCUT2D eigenvalue weighted by Crippen LogP contribution is -2.72. The Labute approximate surface area is 167 Å².